The van der Waals surface area contributed by atoms with Crippen LogP contribution in [0.3, 0.4) is 0 Å². The molecule has 1 heterocycles. The van der Waals surface area contributed by atoms with E-state index < -0.39 is 0 Å². The second kappa shape index (κ2) is 5.12. The molecule has 0 aliphatic carbocycles. The van der Waals surface area contributed by atoms with Crippen molar-refractivity contribution in [2.24, 2.45) is 0 Å². The van der Waals surface area contributed by atoms with Gasteiger partial charge in [-0.1, -0.05) is 30.3 Å². The summed E-state index contributed by atoms with van der Waals surface area (Å²) in [4.78, 5) is 13.8. The lowest BCUT2D eigenvalue weighted by Gasteiger charge is -2.12. The Kier molecular flexibility index (Phi) is 3.57. The third kappa shape index (κ3) is 3.07. The Morgan fingerprint density at radius 3 is 2.81 bits per heavy atom. The van der Waals surface area contributed by atoms with Gasteiger partial charge in [0, 0.05) is 13.1 Å². The molecule has 1 saturated heterocycles. The number of carbonyl (C=O) groups excluding carboxylic acids is 1. The quantitative estimate of drug-likeness (QED) is 0.721. The van der Waals surface area contributed by atoms with E-state index in [4.69, 9.17) is 4.74 Å². The summed E-state index contributed by atoms with van der Waals surface area (Å²) in [7, 11) is 2.05. The summed E-state index contributed by atoms with van der Waals surface area (Å²) in [5, 5.41) is 0. The highest BCUT2D eigenvalue weighted by atomic mass is 16.5. The van der Waals surface area contributed by atoms with E-state index in [9.17, 15) is 4.79 Å². The fraction of sp³-hybridized carbons (Fsp3) is 0.462. The molecule has 86 valence electrons. The molecule has 3 nitrogen and oxygen atoms in total. The summed E-state index contributed by atoms with van der Waals surface area (Å²) in [5.41, 5.74) is 1.01. The molecule has 1 aromatic rings. The van der Waals surface area contributed by atoms with Crippen molar-refractivity contribution < 1.29 is 9.53 Å². The van der Waals surface area contributed by atoms with Crippen molar-refractivity contribution >= 4 is 5.97 Å². The number of carbonyl (C=O) groups is 1. The van der Waals surface area contributed by atoms with Crippen molar-refractivity contribution in [1.29, 1.82) is 0 Å². The first kappa shape index (κ1) is 11.1. The molecule has 1 fully saturated rings. The van der Waals surface area contributed by atoms with Gasteiger partial charge in [-0.3, -0.25) is 4.79 Å². The Balaban J connectivity index is 1.81. The van der Waals surface area contributed by atoms with E-state index in [2.05, 4.69) is 4.90 Å². The van der Waals surface area contributed by atoms with Crippen molar-refractivity contribution in [2.45, 2.75) is 18.9 Å². The van der Waals surface area contributed by atoms with Crippen LogP contribution < -0.4 is 0 Å². The molecule has 2 rings (SSSR count). The lowest BCUT2D eigenvalue weighted by atomic mass is 10.1. The smallest absolute Gasteiger partial charge is 0.310 e. The van der Waals surface area contributed by atoms with Crippen LogP contribution in [0, 0.1) is 0 Å². The van der Waals surface area contributed by atoms with E-state index in [0.29, 0.717) is 6.42 Å². The fourth-order valence-electron chi connectivity index (χ4n) is 1.98. The van der Waals surface area contributed by atoms with Gasteiger partial charge in [0.15, 0.2) is 0 Å². The molecule has 1 aliphatic rings. The molecule has 16 heavy (non-hydrogen) atoms. The van der Waals surface area contributed by atoms with Crippen LogP contribution in [0.4, 0.5) is 0 Å². The monoisotopic (exact) mass is 219 g/mol. The summed E-state index contributed by atoms with van der Waals surface area (Å²) in [6.07, 6.45) is 1.42. The van der Waals surface area contributed by atoms with Crippen LogP contribution in [-0.2, 0) is 16.0 Å². The Morgan fingerprint density at radius 1 is 1.44 bits per heavy atom. The van der Waals surface area contributed by atoms with E-state index in [1.54, 1.807) is 0 Å². The predicted octanol–water partition coefficient (Wildman–Crippen LogP) is 1.48. The summed E-state index contributed by atoms with van der Waals surface area (Å²) in [6, 6.07) is 9.71. The van der Waals surface area contributed by atoms with E-state index in [-0.39, 0.29) is 12.1 Å². The summed E-state index contributed by atoms with van der Waals surface area (Å²) in [6.45, 7) is 1.88. The van der Waals surface area contributed by atoms with Crippen molar-refractivity contribution in [3.63, 3.8) is 0 Å². The van der Waals surface area contributed by atoms with Crippen molar-refractivity contribution in [2.75, 3.05) is 20.1 Å². The Morgan fingerprint density at radius 2 is 2.19 bits per heavy atom. The van der Waals surface area contributed by atoms with Crippen LogP contribution in [0.1, 0.15) is 12.0 Å². The molecule has 1 aromatic carbocycles. The van der Waals surface area contributed by atoms with Crippen LogP contribution in [0.5, 0.6) is 0 Å². The lowest BCUT2D eigenvalue weighted by molar-refractivity contribution is -0.147. The molecule has 1 atom stereocenters. The minimum atomic E-state index is -0.119. The van der Waals surface area contributed by atoms with Crippen LogP contribution in [-0.4, -0.2) is 37.1 Å². The van der Waals surface area contributed by atoms with Crippen molar-refractivity contribution in [1.82, 2.24) is 4.90 Å². The minimum absolute atomic E-state index is 0.0845. The number of nitrogens with zero attached hydrogens (tertiary/aromatic N) is 1. The van der Waals surface area contributed by atoms with Gasteiger partial charge in [-0.05, 0) is 19.0 Å². The molecule has 0 unspecified atom stereocenters. The number of likely N-dealkylation sites (tertiary alicyclic amines) is 1. The Labute approximate surface area is 96.0 Å². The third-order valence-electron chi connectivity index (χ3n) is 2.84. The maximum absolute atomic E-state index is 11.6. The molecule has 0 N–H and O–H groups in total. The summed E-state index contributed by atoms with van der Waals surface area (Å²) >= 11 is 0. The number of hydrogen-bond donors (Lipinski definition) is 0. The molecule has 0 amide bonds. The topological polar surface area (TPSA) is 29.5 Å². The van der Waals surface area contributed by atoms with Gasteiger partial charge in [-0.2, -0.15) is 0 Å². The zero-order valence-electron chi connectivity index (χ0n) is 9.56. The zero-order chi connectivity index (χ0) is 11.4. The second-order valence-corrected chi connectivity index (χ2v) is 4.33. The molecule has 0 spiro atoms. The molecule has 0 saturated carbocycles. The average molecular weight is 219 g/mol. The molecular weight excluding hydrogens is 202 g/mol. The normalized spacial score (nSPS) is 20.9. The molecular formula is C13H17NO2. The van der Waals surface area contributed by atoms with Crippen LogP contribution >= 0.6 is 0 Å². The zero-order valence-corrected chi connectivity index (χ0v) is 9.56. The van der Waals surface area contributed by atoms with Crippen molar-refractivity contribution in [3.8, 4) is 0 Å². The second-order valence-electron chi connectivity index (χ2n) is 4.33. The fourth-order valence-corrected chi connectivity index (χ4v) is 1.98. The van der Waals surface area contributed by atoms with Gasteiger partial charge in [0.1, 0.15) is 6.10 Å². The summed E-state index contributed by atoms with van der Waals surface area (Å²) in [5.74, 6) is -0.119. The Hall–Kier alpha value is -1.35. The van der Waals surface area contributed by atoms with Gasteiger partial charge < -0.3 is 9.64 Å². The first-order chi connectivity index (χ1) is 7.74. The molecule has 0 bridgehead atoms. The highest BCUT2D eigenvalue weighted by Gasteiger charge is 2.22. The van der Waals surface area contributed by atoms with E-state index in [0.717, 1.165) is 25.1 Å². The standard InChI is InChI=1S/C13H17NO2/c1-14-8-7-12(10-14)16-13(15)9-11-5-3-2-4-6-11/h2-6,12H,7-10H2,1H3/t12-/m1/s1. The molecule has 3 heteroatoms. The molecule has 0 aromatic heterocycles. The maximum Gasteiger partial charge on any atom is 0.310 e. The van der Waals surface area contributed by atoms with Crippen molar-refractivity contribution in [3.05, 3.63) is 35.9 Å². The van der Waals surface area contributed by atoms with Gasteiger partial charge in [-0.15, -0.1) is 0 Å². The summed E-state index contributed by atoms with van der Waals surface area (Å²) < 4.78 is 5.41. The van der Waals surface area contributed by atoms with E-state index >= 15 is 0 Å². The average Bonchev–Trinajstić information content (AvgIpc) is 2.65. The minimum Gasteiger partial charge on any atom is -0.461 e. The Bertz CT molecular complexity index is 350. The van der Waals surface area contributed by atoms with E-state index in [1.807, 2.05) is 37.4 Å². The third-order valence-corrected chi connectivity index (χ3v) is 2.84. The number of hydrogen-bond acceptors (Lipinski definition) is 3. The van der Waals surface area contributed by atoms with Crippen LogP contribution in [0.2, 0.25) is 0 Å². The number of benzene rings is 1. The maximum atomic E-state index is 11.6. The van der Waals surface area contributed by atoms with Gasteiger partial charge in [0.05, 0.1) is 6.42 Å². The number of ether oxygens (including phenoxy) is 1. The van der Waals surface area contributed by atoms with Gasteiger partial charge in [0.25, 0.3) is 0 Å². The van der Waals surface area contributed by atoms with Gasteiger partial charge in [-0.25, -0.2) is 0 Å². The SMILES string of the molecule is CN1CC[C@@H](OC(=O)Cc2ccccc2)C1. The highest BCUT2D eigenvalue weighted by molar-refractivity contribution is 5.72. The highest BCUT2D eigenvalue weighted by Crippen LogP contribution is 2.11. The number of esters is 1. The van der Waals surface area contributed by atoms with Gasteiger partial charge in [0.2, 0.25) is 0 Å². The first-order valence-corrected chi connectivity index (χ1v) is 5.66. The van der Waals surface area contributed by atoms with Crippen LogP contribution in [0.15, 0.2) is 30.3 Å². The largest absolute Gasteiger partial charge is 0.461 e. The van der Waals surface area contributed by atoms with Crippen LogP contribution in [0.25, 0.3) is 0 Å². The number of likely N-dealkylation sites (N-methyl/N-ethyl adjacent to an activating group) is 1. The molecule has 1 aliphatic heterocycles. The lowest BCUT2D eigenvalue weighted by Crippen LogP contribution is -2.23. The predicted molar refractivity (Wildman–Crippen MR) is 62.1 cm³/mol. The van der Waals surface area contributed by atoms with E-state index in [1.165, 1.54) is 0 Å². The molecule has 0 radical (unpaired) electrons. The van der Waals surface area contributed by atoms with Gasteiger partial charge >= 0.3 is 5.97 Å². The number of rotatable bonds is 3. The first-order valence-electron chi connectivity index (χ1n) is 5.66.